The van der Waals surface area contributed by atoms with Crippen molar-refractivity contribution in [2.45, 2.75) is 109 Å². The Morgan fingerprint density at radius 2 is 1.23 bits per heavy atom. The van der Waals surface area contributed by atoms with E-state index in [9.17, 15) is 9.90 Å². The maximum absolute atomic E-state index is 13.3. The summed E-state index contributed by atoms with van der Waals surface area (Å²) in [4.78, 5) is 13.3. The van der Waals surface area contributed by atoms with Crippen LogP contribution in [0.3, 0.4) is 0 Å². The zero-order valence-electron chi connectivity index (χ0n) is 26.6. The molecule has 1 heterocycles. The van der Waals surface area contributed by atoms with Gasteiger partial charge in [-0.3, -0.25) is 0 Å². The summed E-state index contributed by atoms with van der Waals surface area (Å²) in [7, 11) is 0. The Hall–Kier alpha value is -1.62. The first kappa shape index (κ1) is 31.9. The van der Waals surface area contributed by atoms with Crippen molar-refractivity contribution < 1.29 is 31.1 Å². The first-order valence-electron chi connectivity index (χ1n) is 14.5. The van der Waals surface area contributed by atoms with Crippen LogP contribution in [0.15, 0.2) is 60.5 Å². The average molecular weight is 643 g/mol. The molecule has 0 radical (unpaired) electrons. The van der Waals surface area contributed by atoms with Crippen LogP contribution in [0.4, 0.5) is 0 Å². The van der Waals surface area contributed by atoms with Gasteiger partial charge in [0.1, 0.15) is 0 Å². The van der Waals surface area contributed by atoms with Crippen molar-refractivity contribution in [1.82, 2.24) is 0 Å². The molecule has 3 heteroatoms. The molecule has 0 bridgehead atoms. The Kier molecular flexibility index (Phi) is 9.27. The van der Waals surface area contributed by atoms with Crippen LogP contribution in [0.5, 0.6) is 0 Å². The van der Waals surface area contributed by atoms with E-state index >= 15 is 0 Å². The van der Waals surface area contributed by atoms with Gasteiger partial charge in [0.2, 0.25) is 0 Å². The molecule has 216 valence electrons. The fourth-order valence-corrected chi connectivity index (χ4v) is 9.16. The van der Waals surface area contributed by atoms with Gasteiger partial charge in [-0.1, -0.05) is 41.5 Å². The van der Waals surface area contributed by atoms with Crippen LogP contribution in [-0.4, -0.2) is 5.78 Å². The molecule has 2 aliphatic rings. The molecule has 2 nitrogen and oxygen atoms in total. The van der Waals surface area contributed by atoms with E-state index < -0.39 is 5.92 Å². The third-order valence-corrected chi connectivity index (χ3v) is 10.6. The number of carbonyl (C=O) groups excluding carboxylic acids is 1. The van der Waals surface area contributed by atoms with E-state index in [0.29, 0.717) is 12.0 Å². The quantitative estimate of drug-likeness (QED) is 0.385. The molecule has 1 atom stereocenters. The van der Waals surface area contributed by atoms with Gasteiger partial charge in [0.25, 0.3) is 0 Å². The van der Waals surface area contributed by atoms with Crippen molar-refractivity contribution in [3.05, 3.63) is 77.2 Å². The number of halogens is 1. The topological polar surface area (TPSA) is 40.1 Å². The Balaban J connectivity index is 1.92. The van der Waals surface area contributed by atoms with Crippen LogP contribution in [0.2, 0.25) is 0 Å². The van der Waals surface area contributed by atoms with E-state index in [0.717, 1.165) is 30.4 Å². The third-order valence-electron chi connectivity index (χ3n) is 6.75. The molecule has 0 saturated carbocycles. The molecule has 0 N–H and O–H groups in total. The zero-order valence-corrected chi connectivity index (χ0v) is 28.7. The normalized spacial score (nSPS) is 20.5. The van der Waals surface area contributed by atoms with Gasteiger partial charge in [0, 0.05) is 0 Å². The van der Waals surface area contributed by atoms with Crippen LogP contribution >= 0.6 is 0 Å². The number of hydrogen-bond donors (Lipinski definition) is 0. The minimum atomic E-state index is -0.552. The van der Waals surface area contributed by atoms with E-state index in [1.54, 1.807) is 0 Å². The first-order chi connectivity index (χ1) is 17.6. The molecular weight excluding hydrogens is 591 g/mol. The average Bonchev–Trinajstić information content (AvgIpc) is 2.71. The van der Waals surface area contributed by atoms with Gasteiger partial charge in [0.05, 0.1) is 0 Å². The third kappa shape index (κ3) is 9.47. The molecule has 1 aliphatic heterocycles. The van der Waals surface area contributed by atoms with E-state index in [4.69, 9.17) is 0 Å². The summed E-state index contributed by atoms with van der Waals surface area (Å²) >= 11 is -0.203. The van der Waals surface area contributed by atoms with Crippen molar-refractivity contribution in [3.8, 4) is 0 Å². The predicted molar refractivity (Wildman–Crippen MR) is 160 cm³/mol. The molecule has 0 amide bonds. The molecule has 0 fully saturated rings. The fraction of sp³-hybridized carbons (Fsp3) is 0.583. The van der Waals surface area contributed by atoms with Crippen molar-refractivity contribution >= 4 is 5.78 Å². The number of carbonyl (C=O) groups is 1. The Bertz CT molecular complexity index is 1190. The second-order valence-electron chi connectivity index (χ2n) is 16.3. The molecule has 3 rings (SSSR count). The van der Waals surface area contributed by atoms with Gasteiger partial charge >= 0.3 is 198 Å². The molecule has 39 heavy (non-hydrogen) atoms. The molecule has 0 aromatic heterocycles. The molecule has 0 spiro atoms. The van der Waals surface area contributed by atoms with Gasteiger partial charge < -0.3 is 0 Å². The minimum absolute atomic E-state index is 0.00264. The van der Waals surface area contributed by atoms with Gasteiger partial charge in [0.15, 0.2) is 0 Å². The molecule has 0 saturated heterocycles. The van der Waals surface area contributed by atoms with Crippen LogP contribution in [-0.2, 0) is 24.1 Å². The van der Waals surface area contributed by atoms with Crippen LogP contribution < -0.4 is 26.3 Å². The molecule has 1 aliphatic carbocycles. The number of rotatable bonds is 6. The number of allylic oxidation sites excluding steroid dienone is 8. The first-order valence-corrected chi connectivity index (χ1v) is 16.6. The van der Waals surface area contributed by atoms with Crippen molar-refractivity contribution in [2.24, 2.45) is 27.6 Å². The van der Waals surface area contributed by atoms with Crippen LogP contribution in [0.1, 0.15) is 106 Å². The summed E-state index contributed by atoms with van der Waals surface area (Å²) in [6.07, 6.45) is 9.87. The predicted octanol–water partition coefficient (Wildman–Crippen LogP) is 5.50. The number of Topliss-reactive ketones (excluding diaryl/α,β-unsaturated/α-hetero) is 1. The van der Waals surface area contributed by atoms with Gasteiger partial charge in [-0.15, -0.1) is 0 Å². The Morgan fingerprint density at radius 3 is 1.67 bits per heavy atom. The molecule has 1 aromatic carbocycles. The maximum atomic E-state index is 13.3. The fourth-order valence-electron chi connectivity index (χ4n) is 5.24. The summed E-state index contributed by atoms with van der Waals surface area (Å²) < 4.78 is 2.95. The summed E-state index contributed by atoms with van der Waals surface area (Å²) in [5.41, 5.74) is 5.75. The molecular formula is C36H51IO2-2. The van der Waals surface area contributed by atoms with E-state index in [1.165, 1.54) is 18.3 Å². The van der Waals surface area contributed by atoms with Gasteiger partial charge in [-0.2, -0.15) is 0 Å². The van der Waals surface area contributed by atoms with Crippen molar-refractivity contribution in [3.63, 3.8) is 0 Å². The van der Waals surface area contributed by atoms with Crippen molar-refractivity contribution in [1.29, 1.82) is 0 Å². The Morgan fingerprint density at radius 1 is 0.744 bits per heavy atom. The summed E-state index contributed by atoms with van der Waals surface area (Å²) in [5.74, 6) is -0.546. The van der Waals surface area contributed by atoms with E-state index in [1.807, 2.05) is 6.08 Å². The zero-order chi connectivity index (χ0) is 29.6. The van der Waals surface area contributed by atoms with Crippen LogP contribution in [0.25, 0.3) is 0 Å². The number of benzene rings is 1. The standard InChI is InChI=1S/C36H52IO2/c1-33(2,3)20-25-13-23(14-26(15-25)21-34(4,5)6)17-28-31(38)29(32(28)39)18-24-16-27(22-35(7,8)9)37-30(19-24)36(10,11)12/h13-16,18-19,28,38H,17,20-22H2,1-12H3/q-1/p-1/b24-18-. The summed E-state index contributed by atoms with van der Waals surface area (Å²) in [5, 5.41) is 13.3. The molecule has 1 aromatic rings. The second-order valence-corrected chi connectivity index (χ2v) is 19.4. The van der Waals surface area contributed by atoms with Gasteiger partial charge in [-0.25, -0.2) is 0 Å². The second kappa shape index (κ2) is 11.3. The summed E-state index contributed by atoms with van der Waals surface area (Å²) in [6.45, 7) is 27.1. The SMILES string of the molecule is CC(C)(C)CC1=C/C(=C/C2=C([O-])C(Cc3cc(CC(C)(C)C)cc(CC(C)(C)C)c3)C2=O)C=C(C(C)(C)C)[I-]1. The van der Waals surface area contributed by atoms with Crippen molar-refractivity contribution in [2.75, 3.05) is 0 Å². The van der Waals surface area contributed by atoms with Crippen LogP contribution in [0, 0.1) is 27.6 Å². The summed E-state index contributed by atoms with van der Waals surface area (Å²) in [6, 6.07) is 6.76. The van der Waals surface area contributed by atoms with Gasteiger partial charge in [-0.05, 0) is 10.8 Å². The number of hydrogen-bond acceptors (Lipinski definition) is 2. The van der Waals surface area contributed by atoms with E-state index in [2.05, 4.69) is 113 Å². The van der Waals surface area contributed by atoms with E-state index in [-0.39, 0.29) is 54.4 Å². The monoisotopic (exact) mass is 642 g/mol. The molecule has 1 unspecified atom stereocenters. The Labute approximate surface area is 249 Å². The number of ketones is 1.